The van der Waals surface area contributed by atoms with Crippen molar-refractivity contribution in [3.63, 3.8) is 0 Å². The van der Waals surface area contributed by atoms with Gasteiger partial charge in [0, 0.05) is 14.4 Å². The topological polar surface area (TPSA) is 0 Å². The number of aryl methyl sites for hydroxylation is 1. The predicted octanol–water partition coefficient (Wildman–Crippen LogP) is 6.45. The second-order valence-electron chi connectivity index (χ2n) is 3.61. The number of alkyl halides is 1. The second kappa shape index (κ2) is 5.50. The molecule has 0 aliphatic heterocycles. The van der Waals surface area contributed by atoms with Gasteiger partial charge in [-0.15, -0.1) is 22.9 Å². The molecular formula is C12H8BrCl3S. The van der Waals surface area contributed by atoms with Gasteiger partial charge < -0.3 is 0 Å². The zero-order valence-corrected chi connectivity index (χ0v) is 13.5. The average molecular weight is 371 g/mol. The van der Waals surface area contributed by atoms with Crippen LogP contribution in [0.15, 0.2) is 28.7 Å². The van der Waals surface area contributed by atoms with Crippen molar-refractivity contribution in [1.29, 1.82) is 0 Å². The molecule has 5 heteroatoms. The maximum Gasteiger partial charge on any atom is 0.107 e. The summed E-state index contributed by atoms with van der Waals surface area (Å²) in [4.78, 5) is 0.982. The summed E-state index contributed by atoms with van der Waals surface area (Å²) >= 11 is 23.5. The molecule has 1 unspecified atom stereocenters. The molecule has 1 atom stereocenters. The molecule has 2 aromatic rings. The molecule has 0 bridgehead atoms. The summed E-state index contributed by atoms with van der Waals surface area (Å²) in [5.41, 5.74) is 1.94. The molecule has 90 valence electrons. The maximum absolute atomic E-state index is 6.44. The minimum atomic E-state index is -0.267. The summed E-state index contributed by atoms with van der Waals surface area (Å²) < 4.78 is 1.57. The Labute approximate surface area is 128 Å². The lowest BCUT2D eigenvalue weighted by Crippen LogP contribution is -1.92. The molecule has 0 saturated heterocycles. The van der Waals surface area contributed by atoms with Crippen LogP contribution in [-0.2, 0) is 0 Å². The lowest BCUT2D eigenvalue weighted by atomic mass is 10.1. The van der Waals surface area contributed by atoms with Gasteiger partial charge in [-0.3, -0.25) is 0 Å². The van der Waals surface area contributed by atoms with Crippen molar-refractivity contribution in [2.24, 2.45) is 0 Å². The zero-order valence-electron chi connectivity index (χ0n) is 8.81. The Balaban J connectivity index is 2.43. The van der Waals surface area contributed by atoms with E-state index in [2.05, 4.69) is 15.9 Å². The molecule has 0 N–H and O–H groups in total. The van der Waals surface area contributed by atoms with Gasteiger partial charge in [-0.25, -0.2) is 0 Å². The molecule has 0 amide bonds. The molecule has 0 nitrogen and oxygen atoms in total. The van der Waals surface area contributed by atoms with Gasteiger partial charge in [0.2, 0.25) is 0 Å². The second-order valence-corrected chi connectivity index (χ2v) is 6.97. The van der Waals surface area contributed by atoms with Crippen LogP contribution in [0.25, 0.3) is 0 Å². The normalized spacial score (nSPS) is 12.8. The highest BCUT2D eigenvalue weighted by molar-refractivity contribution is 9.10. The fourth-order valence-electron chi connectivity index (χ4n) is 1.51. The summed E-state index contributed by atoms with van der Waals surface area (Å²) in [7, 11) is 0. The largest absolute Gasteiger partial charge is 0.125 e. The molecule has 0 saturated carbocycles. The highest BCUT2D eigenvalue weighted by Gasteiger charge is 2.18. The Bertz CT molecular complexity index is 531. The van der Waals surface area contributed by atoms with E-state index in [0.717, 1.165) is 20.5 Å². The van der Waals surface area contributed by atoms with Crippen LogP contribution in [0.2, 0.25) is 9.36 Å². The van der Waals surface area contributed by atoms with Crippen molar-refractivity contribution in [2.75, 3.05) is 0 Å². The van der Waals surface area contributed by atoms with Crippen molar-refractivity contribution in [3.05, 3.63) is 54.1 Å². The van der Waals surface area contributed by atoms with Gasteiger partial charge in [-0.05, 0) is 40.0 Å². The summed E-state index contributed by atoms with van der Waals surface area (Å²) in [5.74, 6) is 0. The average Bonchev–Trinajstić information content (AvgIpc) is 2.62. The molecule has 1 aromatic heterocycles. The maximum atomic E-state index is 6.44. The van der Waals surface area contributed by atoms with E-state index in [-0.39, 0.29) is 5.38 Å². The van der Waals surface area contributed by atoms with Gasteiger partial charge in [0.15, 0.2) is 0 Å². The van der Waals surface area contributed by atoms with E-state index in [9.17, 15) is 0 Å². The Morgan fingerprint density at radius 2 is 2.00 bits per heavy atom. The number of rotatable bonds is 2. The fraction of sp³-hybridized carbons (Fsp3) is 0.167. The molecule has 1 aromatic carbocycles. The summed E-state index contributed by atoms with van der Waals surface area (Å²) in [6, 6.07) is 7.79. The zero-order chi connectivity index (χ0) is 12.6. The first-order chi connectivity index (χ1) is 8.00. The van der Waals surface area contributed by atoms with Gasteiger partial charge in [0.1, 0.15) is 4.34 Å². The van der Waals surface area contributed by atoms with Crippen LogP contribution in [0.4, 0.5) is 0 Å². The van der Waals surface area contributed by atoms with E-state index < -0.39 is 0 Å². The molecule has 17 heavy (non-hydrogen) atoms. The standard InChI is InChI=1S/C12H8BrCl3S/c1-6-3-2-4-7(10(6)14)11(15)9-5-8(13)12(16)17-9/h2-5,11H,1H3. The van der Waals surface area contributed by atoms with Crippen LogP contribution < -0.4 is 0 Å². The molecule has 0 radical (unpaired) electrons. The number of hydrogen-bond donors (Lipinski definition) is 0. The van der Waals surface area contributed by atoms with Crippen LogP contribution in [-0.4, -0.2) is 0 Å². The van der Waals surface area contributed by atoms with E-state index in [1.807, 2.05) is 31.2 Å². The number of benzene rings is 1. The van der Waals surface area contributed by atoms with Crippen LogP contribution in [0.1, 0.15) is 21.4 Å². The molecule has 1 heterocycles. The van der Waals surface area contributed by atoms with E-state index >= 15 is 0 Å². The van der Waals surface area contributed by atoms with E-state index in [4.69, 9.17) is 34.8 Å². The molecule has 0 aliphatic rings. The lowest BCUT2D eigenvalue weighted by molar-refractivity contribution is 1.17. The SMILES string of the molecule is Cc1cccc(C(Cl)c2cc(Br)c(Cl)s2)c1Cl. The Kier molecular flexibility index (Phi) is 4.43. The number of thiophene rings is 1. The Morgan fingerprint density at radius 1 is 1.29 bits per heavy atom. The molecule has 0 aliphatic carbocycles. The summed E-state index contributed by atoms with van der Waals surface area (Å²) in [5, 5.41) is 0.448. The fourth-order valence-corrected chi connectivity index (χ4v) is 3.91. The monoisotopic (exact) mass is 368 g/mol. The smallest absolute Gasteiger partial charge is 0.107 e. The third-order valence-electron chi connectivity index (χ3n) is 2.41. The van der Waals surface area contributed by atoms with E-state index in [1.54, 1.807) is 0 Å². The first kappa shape index (κ1) is 13.7. The molecule has 0 fully saturated rings. The molecular weight excluding hydrogens is 362 g/mol. The molecule has 0 spiro atoms. The van der Waals surface area contributed by atoms with Crippen LogP contribution in [0, 0.1) is 6.92 Å². The lowest BCUT2D eigenvalue weighted by Gasteiger charge is -2.11. The first-order valence-electron chi connectivity index (χ1n) is 4.84. The van der Waals surface area contributed by atoms with Gasteiger partial charge in [-0.2, -0.15) is 0 Å². The predicted molar refractivity (Wildman–Crippen MR) is 80.9 cm³/mol. The van der Waals surface area contributed by atoms with E-state index in [0.29, 0.717) is 9.36 Å². The third-order valence-corrected chi connectivity index (χ3v) is 6.06. The first-order valence-corrected chi connectivity index (χ1v) is 7.64. The number of halogens is 4. The quantitative estimate of drug-likeness (QED) is 0.533. The highest BCUT2D eigenvalue weighted by atomic mass is 79.9. The molecule has 2 rings (SSSR count). The van der Waals surface area contributed by atoms with Gasteiger partial charge in [0.05, 0.1) is 5.38 Å². The third kappa shape index (κ3) is 2.82. The minimum Gasteiger partial charge on any atom is -0.125 e. The van der Waals surface area contributed by atoms with E-state index in [1.165, 1.54) is 11.3 Å². The van der Waals surface area contributed by atoms with Crippen LogP contribution in [0.5, 0.6) is 0 Å². The van der Waals surface area contributed by atoms with Crippen LogP contribution >= 0.6 is 62.1 Å². The summed E-state index contributed by atoms with van der Waals surface area (Å²) in [6.45, 7) is 1.97. The van der Waals surface area contributed by atoms with Gasteiger partial charge >= 0.3 is 0 Å². The van der Waals surface area contributed by atoms with Gasteiger partial charge in [0.25, 0.3) is 0 Å². The van der Waals surface area contributed by atoms with Crippen molar-refractivity contribution in [2.45, 2.75) is 12.3 Å². The Morgan fingerprint density at radius 3 is 2.59 bits per heavy atom. The van der Waals surface area contributed by atoms with Crippen molar-refractivity contribution >= 4 is 62.1 Å². The number of hydrogen-bond acceptors (Lipinski definition) is 1. The van der Waals surface area contributed by atoms with Crippen molar-refractivity contribution in [1.82, 2.24) is 0 Å². The Hall–Kier alpha value is 0.270. The summed E-state index contributed by atoms with van der Waals surface area (Å²) in [6.07, 6.45) is 0. The van der Waals surface area contributed by atoms with Crippen LogP contribution in [0.3, 0.4) is 0 Å². The highest BCUT2D eigenvalue weighted by Crippen LogP contribution is 2.42. The van der Waals surface area contributed by atoms with Crippen molar-refractivity contribution in [3.8, 4) is 0 Å². The van der Waals surface area contributed by atoms with Gasteiger partial charge in [-0.1, -0.05) is 41.4 Å². The minimum absolute atomic E-state index is 0.267. The van der Waals surface area contributed by atoms with Crippen molar-refractivity contribution < 1.29 is 0 Å².